The summed E-state index contributed by atoms with van der Waals surface area (Å²) in [5.74, 6) is 0. The van der Waals surface area contributed by atoms with Gasteiger partial charge < -0.3 is 27.5 Å². The van der Waals surface area contributed by atoms with Crippen molar-refractivity contribution in [3.63, 3.8) is 0 Å². The molecule has 0 aliphatic heterocycles. The van der Waals surface area contributed by atoms with Crippen molar-refractivity contribution in [2.45, 2.75) is 26.8 Å². The van der Waals surface area contributed by atoms with Gasteiger partial charge in [-0.15, -0.1) is 0 Å². The number of methoxy groups -OCH3 is 3. The minimum absolute atomic E-state index is 0.0411. The van der Waals surface area contributed by atoms with Gasteiger partial charge in [-0.1, -0.05) is 20.8 Å². The van der Waals surface area contributed by atoms with Gasteiger partial charge in [0.05, 0.1) is 39.6 Å². The highest BCUT2D eigenvalue weighted by molar-refractivity contribution is 6.60. The van der Waals surface area contributed by atoms with E-state index in [9.17, 15) is 0 Å². The van der Waals surface area contributed by atoms with E-state index in [1.165, 1.54) is 0 Å². The molecule has 0 aliphatic carbocycles. The Morgan fingerprint density at radius 3 is 1.19 bits per heavy atom. The zero-order valence-corrected chi connectivity index (χ0v) is 15.4. The Labute approximate surface area is 130 Å². The lowest BCUT2D eigenvalue weighted by atomic mass is 10.0. The van der Waals surface area contributed by atoms with Gasteiger partial charge in [0.2, 0.25) is 0 Å². The van der Waals surface area contributed by atoms with Crippen LogP contribution >= 0.6 is 0 Å². The predicted octanol–water partition coefficient (Wildman–Crippen LogP) is 1.96. The zero-order chi connectivity index (χ0) is 16.2. The molecule has 0 spiro atoms. The van der Waals surface area contributed by atoms with Gasteiger partial charge in [-0.3, -0.25) is 0 Å². The summed E-state index contributed by atoms with van der Waals surface area (Å²) < 4.78 is 33.2. The first-order valence-corrected chi connectivity index (χ1v) is 9.21. The molecule has 0 heterocycles. The summed E-state index contributed by atoms with van der Waals surface area (Å²) in [5.41, 5.74) is 0.0411. The lowest BCUT2D eigenvalue weighted by Crippen LogP contribution is -2.50. The van der Waals surface area contributed by atoms with Crippen molar-refractivity contribution >= 4 is 8.80 Å². The van der Waals surface area contributed by atoms with Crippen LogP contribution in [-0.2, 0) is 27.5 Å². The van der Waals surface area contributed by atoms with Crippen LogP contribution in [0.3, 0.4) is 0 Å². The van der Waals surface area contributed by atoms with Gasteiger partial charge in [0.25, 0.3) is 0 Å². The van der Waals surface area contributed by atoms with Crippen molar-refractivity contribution < 1.29 is 27.5 Å². The lowest BCUT2D eigenvalue weighted by molar-refractivity contribution is 0.00975. The summed E-state index contributed by atoms with van der Waals surface area (Å²) in [6.45, 7) is 9.35. The van der Waals surface area contributed by atoms with Crippen molar-refractivity contribution in [3.8, 4) is 0 Å². The summed E-state index contributed by atoms with van der Waals surface area (Å²) >= 11 is 0. The Kier molecular flexibility index (Phi) is 11.5. The van der Waals surface area contributed by atoms with Crippen LogP contribution in [0.25, 0.3) is 0 Å². The average molecular weight is 324 g/mol. The van der Waals surface area contributed by atoms with Crippen LogP contribution in [0.2, 0.25) is 6.04 Å². The van der Waals surface area contributed by atoms with E-state index in [4.69, 9.17) is 27.5 Å². The van der Waals surface area contributed by atoms with Crippen LogP contribution in [0.4, 0.5) is 0 Å². The molecule has 6 nitrogen and oxygen atoms in total. The van der Waals surface area contributed by atoms with Gasteiger partial charge in [0.1, 0.15) is 0 Å². The molecule has 21 heavy (non-hydrogen) atoms. The summed E-state index contributed by atoms with van der Waals surface area (Å²) in [7, 11) is 2.16. The van der Waals surface area contributed by atoms with Gasteiger partial charge in [-0.05, 0) is 5.41 Å². The van der Waals surface area contributed by atoms with E-state index in [1.807, 2.05) is 0 Å². The highest BCUT2D eigenvalue weighted by Crippen LogP contribution is 2.30. The van der Waals surface area contributed by atoms with Crippen molar-refractivity contribution in [2.75, 3.05) is 61.0 Å². The minimum atomic E-state index is -2.78. The fourth-order valence-corrected chi connectivity index (χ4v) is 4.81. The smallest absolute Gasteiger partial charge is 0.382 e. The molecular weight excluding hydrogens is 292 g/mol. The monoisotopic (exact) mass is 324 g/mol. The molecule has 0 aromatic heterocycles. The second-order valence-electron chi connectivity index (χ2n) is 5.94. The third-order valence-corrected chi connectivity index (χ3v) is 6.00. The third-order valence-electron chi connectivity index (χ3n) is 2.58. The summed E-state index contributed by atoms with van der Waals surface area (Å²) in [6.07, 6.45) is 0. The van der Waals surface area contributed by atoms with E-state index in [1.54, 1.807) is 21.3 Å². The molecule has 0 aliphatic rings. The number of ether oxygens (including phenoxy) is 3. The van der Waals surface area contributed by atoms with Crippen LogP contribution in [-0.4, -0.2) is 69.8 Å². The van der Waals surface area contributed by atoms with E-state index >= 15 is 0 Å². The van der Waals surface area contributed by atoms with Crippen molar-refractivity contribution in [1.29, 1.82) is 0 Å². The molecule has 0 radical (unpaired) electrons. The van der Waals surface area contributed by atoms with Crippen LogP contribution < -0.4 is 0 Å². The Morgan fingerprint density at radius 2 is 0.952 bits per heavy atom. The van der Waals surface area contributed by atoms with E-state index in [0.29, 0.717) is 39.6 Å². The highest BCUT2D eigenvalue weighted by Gasteiger charge is 2.44. The number of rotatable bonds is 13. The number of hydrogen-bond donors (Lipinski definition) is 0. The molecule has 7 heteroatoms. The zero-order valence-electron chi connectivity index (χ0n) is 14.4. The maximum absolute atomic E-state index is 6.00. The van der Waals surface area contributed by atoms with Gasteiger partial charge in [0.15, 0.2) is 0 Å². The first-order valence-electron chi connectivity index (χ1n) is 7.28. The summed E-state index contributed by atoms with van der Waals surface area (Å²) in [5, 5.41) is 0. The molecule has 0 saturated heterocycles. The lowest BCUT2D eigenvalue weighted by Gasteiger charge is -2.34. The average Bonchev–Trinajstić information content (AvgIpc) is 2.38. The van der Waals surface area contributed by atoms with E-state index < -0.39 is 8.80 Å². The second-order valence-corrected chi connectivity index (χ2v) is 8.53. The van der Waals surface area contributed by atoms with Crippen LogP contribution in [0, 0.1) is 5.41 Å². The van der Waals surface area contributed by atoms with E-state index in [2.05, 4.69) is 20.8 Å². The van der Waals surface area contributed by atoms with Crippen LogP contribution in [0.15, 0.2) is 0 Å². The highest BCUT2D eigenvalue weighted by atomic mass is 28.4. The second kappa shape index (κ2) is 11.5. The first kappa shape index (κ1) is 21.0. The largest absolute Gasteiger partial charge is 0.501 e. The summed E-state index contributed by atoms with van der Waals surface area (Å²) in [4.78, 5) is 0. The molecular formula is C14H32O6Si. The van der Waals surface area contributed by atoms with Crippen molar-refractivity contribution in [2.24, 2.45) is 5.41 Å². The molecule has 0 amide bonds. The molecule has 0 N–H and O–H groups in total. The molecule has 0 fully saturated rings. The maximum Gasteiger partial charge on any atom is 0.501 e. The van der Waals surface area contributed by atoms with E-state index in [-0.39, 0.29) is 5.41 Å². The molecule has 128 valence electrons. The van der Waals surface area contributed by atoms with Crippen molar-refractivity contribution in [1.82, 2.24) is 0 Å². The Balaban J connectivity index is 4.78. The van der Waals surface area contributed by atoms with E-state index in [0.717, 1.165) is 6.04 Å². The summed E-state index contributed by atoms with van der Waals surface area (Å²) in [6, 6.07) is 0.733. The van der Waals surface area contributed by atoms with Gasteiger partial charge in [-0.25, -0.2) is 0 Å². The molecule has 0 aromatic rings. The standard InChI is InChI=1S/C14H32O6Si/c1-14(2,3)13-21(18-10-7-15-4,19-11-8-16-5)20-12-9-17-6/h7-13H2,1-6H3. The van der Waals surface area contributed by atoms with Crippen molar-refractivity contribution in [3.05, 3.63) is 0 Å². The fourth-order valence-electron chi connectivity index (χ4n) is 1.77. The van der Waals surface area contributed by atoms with Gasteiger partial charge >= 0.3 is 8.80 Å². The van der Waals surface area contributed by atoms with Crippen LogP contribution in [0.1, 0.15) is 20.8 Å². The molecule has 0 aromatic carbocycles. The molecule has 0 rings (SSSR count). The molecule has 0 unspecified atom stereocenters. The minimum Gasteiger partial charge on any atom is -0.382 e. The number of hydrogen-bond acceptors (Lipinski definition) is 6. The molecule has 0 bridgehead atoms. The third kappa shape index (κ3) is 11.2. The van der Waals surface area contributed by atoms with Crippen LogP contribution in [0.5, 0.6) is 0 Å². The molecule has 0 saturated carbocycles. The molecule has 0 atom stereocenters. The topological polar surface area (TPSA) is 55.4 Å². The van der Waals surface area contributed by atoms with Gasteiger partial charge in [0, 0.05) is 27.4 Å². The Bertz CT molecular complexity index is 218. The van der Waals surface area contributed by atoms with Gasteiger partial charge in [-0.2, -0.15) is 0 Å². The first-order chi connectivity index (χ1) is 9.89. The normalized spacial score (nSPS) is 12.9. The Morgan fingerprint density at radius 1 is 0.619 bits per heavy atom. The SMILES string of the molecule is COCCO[Si](CC(C)(C)C)(OCCOC)OCCOC. The quantitative estimate of drug-likeness (QED) is 0.381. The fraction of sp³-hybridized carbons (Fsp3) is 1.00. The maximum atomic E-state index is 6.00. The predicted molar refractivity (Wildman–Crippen MR) is 83.5 cm³/mol. The Hall–Kier alpha value is -0.0231.